The largest absolute Gasteiger partial charge is 0.329 e. The second-order valence-corrected chi connectivity index (χ2v) is 4.34. The van der Waals surface area contributed by atoms with Crippen molar-refractivity contribution in [1.29, 1.82) is 0 Å². The van der Waals surface area contributed by atoms with Crippen LogP contribution in [0.15, 0.2) is 12.7 Å². The van der Waals surface area contributed by atoms with E-state index in [1.807, 2.05) is 17.8 Å². The van der Waals surface area contributed by atoms with E-state index in [2.05, 4.69) is 18.8 Å². The van der Waals surface area contributed by atoms with Crippen LogP contribution in [-0.2, 0) is 0 Å². The predicted octanol–water partition coefficient (Wildman–Crippen LogP) is 1.62. The quantitative estimate of drug-likeness (QED) is 0.441. The van der Waals surface area contributed by atoms with Gasteiger partial charge in [0.25, 0.3) is 0 Å². The predicted molar refractivity (Wildman–Crippen MR) is 63.3 cm³/mol. The number of hydrogen-bond acceptors (Lipinski definition) is 3. The third-order valence-corrected chi connectivity index (χ3v) is 2.81. The summed E-state index contributed by atoms with van der Waals surface area (Å²) in [5, 5.41) is 3.42. The zero-order valence-electron chi connectivity index (χ0n) is 8.59. The van der Waals surface area contributed by atoms with Crippen LogP contribution in [-0.4, -0.2) is 30.6 Å². The molecule has 0 heterocycles. The van der Waals surface area contributed by atoms with Crippen molar-refractivity contribution in [3.8, 4) is 0 Å². The van der Waals surface area contributed by atoms with E-state index in [9.17, 15) is 0 Å². The number of thioether (sulfide) groups is 1. The first-order valence-corrected chi connectivity index (χ1v) is 6.12. The van der Waals surface area contributed by atoms with Crippen LogP contribution in [0.4, 0.5) is 0 Å². The number of hydrogen-bond donors (Lipinski definition) is 2. The van der Waals surface area contributed by atoms with Gasteiger partial charge in [0.1, 0.15) is 0 Å². The van der Waals surface area contributed by atoms with Crippen LogP contribution in [0.2, 0.25) is 0 Å². The minimum Gasteiger partial charge on any atom is -0.329 e. The van der Waals surface area contributed by atoms with E-state index in [-0.39, 0.29) is 0 Å². The summed E-state index contributed by atoms with van der Waals surface area (Å²) in [6, 6.07) is 0.485. The van der Waals surface area contributed by atoms with Crippen LogP contribution in [0.3, 0.4) is 0 Å². The maximum absolute atomic E-state index is 5.64. The molecule has 3 heteroatoms. The Bertz CT molecular complexity index is 117. The van der Waals surface area contributed by atoms with Gasteiger partial charge in [-0.3, -0.25) is 0 Å². The average Bonchev–Trinajstić information content (AvgIpc) is 2.16. The van der Waals surface area contributed by atoms with Gasteiger partial charge in [-0.25, -0.2) is 0 Å². The van der Waals surface area contributed by atoms with E-state index < -0.39 is 0 Å². The van der Waals surface area contributed by atoms with Gasteiger partial charge in [0.2, 0.25) is 0 Å². The van der Waals surface area contributed by atoms with Crippen molar-refractivity contribution >= 4 is 11.8 Å². The van der Waals surface area contributed by atoms with Crippen molar-refractivity contribution < 1.29 is 0 Å². The van der Waals surface area contributed by atoms with Crippen molar-refractivity contribution in [3.63, 3.8) is 0 Å². The van der Waals surface area contributed by atoms with Crippen LogP contribution < -0.4 is 11.1 Å². The highest BCUT2D eigenvalue weighted by Crippen LogP contribution is 2.03. The van der Waals surface area contributed by atoms with Crippen molar-refractivity contribution in [1.82, 2.24) is 5.32 Å². The summed E-state index contributed by atoms with van der Waals surface area (Å²) in [5.41, 5.74) is 5.64. The molecule has 0 spiro atoms. The van der Waals surface area contributed by atoms with Gasteiger partial charge in [0, 0.05) is 12.6 Å². The molecule has 0 saturated heterocycles. The first-order valence-electron chi connectivity index (χ1n) is 4.97. The standard InChI is InChI=1S/C10H22N2S/c1-3-5-7-12-10(9-11)6-8-13-4-2/h3,10,12H,1,4-9,11H2,2H3. The SMILES string of the molecule is C=CCCNC(CN)CCSCC. The second kappa shape index (κ2) is 10.1. The van der Waals surface area contributed by atoms with Gasteiger partial charge in [-0.05, 0) is 30.9 Å². The van der Waals surface area contributed by atoms with Crippen LogP contribution in [0.25, 0.3) is 0 Å². The van der Waals surface area contributed by atoms with Gasteiger partial charge < -0.3 is 11.1 Å². The molecule has 1 unspecified atom stereocenters. The van der Waals surface area contributed by atoms with Crippen LogP contribution in [0.1, 0.15) is 19.8 Å². The Hall–Kier alpha value is 0.0100. The Balaban J connectivity index is 3.33. The Labute approximate surface area is 86.3 Å². The fourth-order valence-electron chi connectivity index (χ4n) is 1.06. The summed E-state index contributed by atoms with van der Waals surface area (Å²) in [4.78, 5) is 0. The average molecular weight is 202 g/mol. The third-order valence-electron chi connectivity index (χ3n) is 1.88. The van der Waals surface area contributed by atoms with Crippen molar-refractivity contribution in [2.45, 2.75) is 25.8 Å². The van der Waals surface area contributed by atoms with Crippen molar-refractivity contribution in [2.24, 2.45) is 5.73 Å². The molecule has 1 atom stereocenters. The van der Waals surface area contributed by atoms with E-state index in [4.69, 9.17) is 5.73 Å². The molecule has 0 aliphatic heterocycles. The topological polar surface area (TPSA) is 38.0 Å². The molecular weight excluding hydrogens is 180 g/mol. The van der Waals surface area contributed by atoms with Crippen LogP contribution >= 0.6 is 11.8 Å². The Kier molecular flexibility index (Phi) is 10.1. The monoisotopic (exact) mass is 202 g/mol. The molecule has 13 heavy (non-hydrogen) atoms. The molecule has 0 fully saturated rings. The van der Waals surface area contributed by atoms with Crippen LogP contribution in [0.5, 0.6) is 0 Å². The molecule has 2 nitrogen and oxygen atoms in total. The van der Waals surface area contributed by atoms with Crippen molar-refractivity contribution in [2.75, 3.05) is 24.6 Å². The fourth-order valence-corrected chi connectivity index (χ4v) is 1.80. The maximum atomic E-state index is 5.64. The van der Waals surface area contributed by atoms with Gasteiger partial charge in [0.05, 0.1) is 0 Å². The summed E-state index contributed by atoms with van der Waals surface area (Å²) in [6.07, 6.45) is 4.13. The lowest BCUT2D eigenvalue weighted by Crippen LogP contribution is -2.37. The van der Waals surface area contributed by atoms with Gasteiger partial charge in [-0.2, -0.15) is 11.8 Å². The molecule has 78 valence electrons. The lowest BCUT2D eigenvalue weighted by molar-refractivity contribution is 0.514. The molecular formula is C10H22N2S. The van der Waals surface area contributed by atoms with E-state index in [0.717, 1.165) is 19.5 Å². The highest BCUT2D eigenvalue weighted by molar-refractivity contribution is 7.99. The lowest BCUT2D eigenvalue weighted by Gasteiger charge is -2.15. The summed E-state index contributed by atoms with van der Waals surface area (Å²) in [6.45, 7) is 7.61. The smallest absolute Gasteiger partial charge is 0.0198 e. The van der Waals surface area contributed by atoms with Gasteiger partial charge >= 0.3 is 0 Å². The second-order valence-electron chi connectivity index (χ2n) is 2.95. The zero-order valence-corrected chi connectivity index (χ0v) is 9.41. The molecule has 0 aromatic heterocycles. The molecule has 0 saturated carbocycles. The Morgan fingerprint density at radius 3 is 2.92 bits per heavy atom. The molecule has 0 aliphatic rings. The summed E-state index contributed by atoms with van der Waals surface area (Å²) >= 11 is 1.98. The zero-order chi connectivity index (χ0) is 9.94. The highest BCUT2D eigenvalue weighted by Gasteiger charge is 2.03. The molecule has 0 aromatic rings. The minimum absolute atomic E-state index is 0.485. The molecule has 0 amide bonds. The number of nitrogens with two attached hydrogens (primary N) is 1. The first-order chi connectivity index (χ1) is 6.35. The van der Waals surface area contributed by atoms with Crippen molar-refractivity contribution in [3.05, 3.63) is 12.7 Å². The van der Waals surface area contributed by atoms with Crippen LogP contribution in [0, 0.1) is 0 Å². The van der Waals surface area contributed by atoms with E-state index in [1.165, 1.54) is 17.9 Å². The number of rotatable bonds is 9. The summed E-state index contributed by atoms with van der Waals surface area (Å²) in [5.74, 6) is 2.41. The molecule has 0 rings (SSSR count). The first kappa shape index (κ1) is 13.0. The highest BCUT2D eigenvalue weighted by atomic mass is 32.2. The molecule has 3 N–H and O–H groups in total. The molecule has 0 aliphatic carbocycles. The third kappa shape index (κ3) is 8.34. The lowest BCUT2D eigenvalue weighted by atomic mass is 10.2. The number of nitrogens with one attached hydrogen (secondary N) is 1. The molecule has 0 bridgehead atoms. The van der Waals surface area contributed by atoms with Gasteiger partial charge in [-0.1, -0.05) is 13.0 Å². The summed E-state index contributed by atoms with van der Waals surface area (Å²) < 4.78 is 0. The molecule has 0 aromatic carbocycles. The maximum Gasteiger partial charge on any atom is 0.0198 e. The van der Waals surface area contributed by atoms with Gasteiger partial charge in [-0.15, -0.1) is 6.58 Å². The normalized spacial score (nSPS) is 12.8. The Morgan fingerprint density at radius 1 is 1.62 bits per heavy atom. The molecule has 0 radical (unpaired) electrons. The van der Waals surface area contributed by atoms with Gasteiger partial charge in [0.15, 0.2) is 0 Å². The fraction of sp³-hybridized carbons (Fsp3) is 0.800. The Morgan fingerprint density at radius 2 is 2.38 bits per heavy atom. The minimum atomic E-state index is 0.485. The van der Waals surface area contributed by atoms with E-state index in [1.54, 1.807) is 0 Å². The van der Waals surface area contributed by atoms with E-state index in [0.29, 0.717) is 6.04 Å². The van der Waals surface area contributed by atoms with E-state index >= 15 is 0 Å². The summed E-state index contributed by atoms with van der Waals surface area (Å²) in [7, 11) is 0.